The average Bonchev–Trinajstić information content (AvgIpc) is 2.89. The van der Waals surface area contributed by atoms with E-state index in [9.17, 15) is 4.79 Å². The number of fused-ring (bicyclic) bond motifs is 1. The number of rotatable bonds is 3. The second kappa shape index (κ2) is 6.24. The van der Waals surface area contributed by atoms with Crippen LogP contribution in [-0.2, 0) is 17.8 Å². The van der Waals surface area contributed by atoms with Crippen molar-refractivity contribution in [2.75, 3.05) is 24.3 Å². The third kappa shape index (κ3) is 3.20. The number of hydrogen-bond acceptors (Lipinski definition) is 3. The molecule has 1 atom stereocenters. The molecule has 1 aliphatic heterocycles. The summed E-state index contributed by atoms with van der Waals surface area (Å²) in [4.78, 5) is 18.8. The zero-order valence-electron chi connectivity index (χ0n) is 13.6. The minimum atomic E-state index is -0.0166. The fourth-order valence-corrected chi connectivity index (χ4v) is 3.31. The minimum Gasteiger partial charge on any atom is -0.376 e. The molecule has 23 heavy (non-hydrogen) atoms. The van der Waals surface area contributed by atoms with E-state index < -0.39 is 0 Å². The van der Waals surface area contributed by atoms with Crippen molar-refractivity contribution in [3.05, 3.63) is 40.9 Å². The van der Waals surface area contributed by atoms with E-state index in [2.05, 4.69) is 14.9 Å². The third-order valence-electron chi connectivity index (χ3n) is 4.36. The first-order valence-corrected chi connectivity index (χ1v) is 8.12. The van der Waals surface area contributed by atoms with Gasteiger partial charge >= 0.3 is 0 Å². The van der Waals surface area contributed by atoms with Crippen molar-refractivity contribution in [2.45, 2.75) is 26.3 Å². The standard InChI is InChI=1S/C17H21ClN4O/c1-11-19-10-14-8-12(6-7-22(11)14)17(23)20-13-4-5-15(18)16(9-13)21(2)3/h4-5,9-10,12H,6-8H2,1-3H3,(H,20,23). The molecule has 1 aliphatic rings. The maximum Gasteiger partial charge on any atom is 0.227 e. The van der Waals surface area contributed by atoms with Gasteiger partial charge in [-0.05, 0) is 31.5 Å². The Bertz CT molecular complexity index is 738. The summed E-state index contributed by atoms with van der Waals surface area (Å²) in [7, 11) is 3.86. The van der Waals surface area contributed by atoms with Gasteiger partial charge in [-0.1, -0.05) is 11.6 Å². The number of nitrogens with one attached hydrogen (secondary N) is 1. The summed E-state index contributed by atoms with van der Waals surface area (Å²) in [5.74, 6) is 1.06. The average molecular weight is 333 g/mol. The van der Waals surface area contributed by atoms with Gasteiger partial charge in [-0.3, -0.25) is 4.79 Å². The Morgan fingerprint density at radius 3 is 2.96 bits per heavy atom. The summed E-state index contributed by atoms with van der Waals surface area (Å²) in [6.45, 7) is 2.85. The largest absolute Gasteiger partial charge is 0.376 e. The van der Waals surface area contributed by atoms with E-state index in [0.717, 1.165) is 42.3 Å². The van der Waals surface area contributed by atoms with Crippen molar-refractivity contribution in [1.82, 2.24) is 9.55 Å². The molecule has 1 aromatic heterocycles. The van der Waals surface area contributed by atoms with Crippen LogP contribution in [-0.4, -0.2) is 29.6 Å². The molecular weight excluding hydrogens is 312 g/mol. The van der Waals surface area contributed by atoms with Crippen molar-refractivity contribution in [1.29, 1.82) is 0 Å². The Balaban J connectivity index is 1.72. The van der Waals surface area contributed by atoms with Gasteiger partial charge in [0.2, 0.25) is 5.91 Å². The molecule has 0 radical (unpaired) electrons. The number of nitrogens with zero attached hydrogens (tertiary/aromatic N) is 3. The third-order valence-corrected chi connectivity index (χ3v) is 4.68. The normalized spacial score (nSPS) is 16.8. The lowest BCUT2D eigenvalue weighted by Crippen LogP contribution is -2.30. The van der Waals surface area contributed by atoms with Crippen molar-refractivity contribution >= 4 is 28.9 Å². The maximum absolute atomic E-state index is 12.6. The molecular formula is C17H21ClN4O. The molecule has 2 heterocycles. The second-order valence-electron chi connectivity index (χ2n) is 6.19. The van der Waals surface area contributed by atoms with E-state index in [4.69, 9.17) is 11.6 Å². The lowest BCUT2D eigenvalue weighted by Gasteiger charge is -2.24. The van der Waals surface area contributed by atoms with Crippen LogP contribution in [0.15, 0.2) is 24.4 Å². The number of imidazole rings is 1. The zero-order chi connectivity index (χ0) is 16.6. The second-order valence-corrected chi connectivity index (χ2v) is 6.60. The number of aromatic nitrogens is 2. The first-order chi connectivity index (χ1) is 11.0. The van der Waals surface area contributed by atoms with Gasteiger partial charge in [-0.2, -0.15) is 0 Å². The fraction of sp³-hybridized carbons (Fsp3) is 0.412. The lowest BCUT2D eigenvalue weighted by molar-refractivity contribution is -0.120. The Morgan fingerprint density at radius 1 is 1.43 bits per heavy atom. The van der Waals surface area contributed by atoms with Crippen LogP contribution in [0.4, 0.5) is 11.4 Å². The molecule has 3 rings (SSSR count). The highest BCUT2D eigenvalue weighted by Gasteiger charge is 2.26. The number of carbonyl (C=O) groups is 1. The molecule has 5 nitrogen and oxygen atoms in total. The molecule has 1 N–H and O–H groups in total. The number of hydrogen-bond donors (Lipinski definition) is 1. The Morgan fingerprint density at radius 2 is 2.22 bits per heavy atom. The Hall–Kier alpha value is -2.01. The molecule has 0 saturated carbocycles. The van der Waals surface area contributed by atoms with Gasteiger partial charge in [0.15, 0.2) is 0 Å². The van der Waals surface area contributed by atoms with Crippen molar-refractivity contribution in [3.63, 3.8) is 0 Å². The van der Waals surface area contributed by atoms with E-state index in [1.807, 2.05) is 50.3 Å². The molecule has 122 valence electrons. The highest BCUT2D eigenvalue weighted by atomic mass is 35.5. The van der Waals surface area contributed by atoms with Crippen LogP contribution in [0.25, 0.3) is 0 Å². The zero-order valence-corrected chi connectivity index (χ0v) is 14.4. The molecule has 2 aromatic rings. The summed E-state index contributed by atoms with van der Waals surface area (Å²) in [6, 6.07) is 5.55. The Kier molecular flexibility index (Phi) is 4.31. The van der Waals surface area contributed by atoms with Crippen LogP contribution in [0.3, 0.4) is 0 Å². The number of benzene rings is 1. The van der Waals surface area contributed by atoms with Crippen molar-refractivity contribution in [2.24, 2.45) is 5.92 Å². The number of carbonyl (C=O) groups excluding carboxylic acids is 1. The summed E-state index contributed by atoms with van der Waals surface area (Å²) >= 11 is 6.17. The van der Waals surface area contributed by atoms with E-state index in [1.54, 1.807) is 0 Å². The topological polar surface area (TPSA) is 50.2 Å². The van der Waals surface area contributed by atoms with Gasteiger partial charge in [0.25, 0.3) is 0 Å². The van der Waals surface area contributed by atoms with Crippen LogP contribution in [0.2, 0.25) is 5.02 Å². The van der Waals surface area contributed by atoms with Crippen LogP contribution in [0.5, 0.6) is 0 Å². The summed E-state index contributed by atoms with van der Waals surface area (Å²) in [6.07, 6.45) is 3.45. The number of aryl methyl sites for hydroxylation is 1. The smallest absolute Gasteiger partial charge is 0.227 e. The van der Waals surface area contributed by atoms with Crippen LogP contribution < -0.4 is 10.2 Å². The minimum absolute atomic E-state index is 0.0166. The van der Waals surface area contributed by atoms with Crippen molar-refractivity contribution < 1.29 is 4.79 Å². The highest BCUT2D eigenvalue weighted by Crippen LogP contribution is 2.29. The molecule has 6 heteroatoms. The van der Waals surface area contributed by atoms with Crippen molar-refractivity contribution in [3.8, 4) is 0 Å². The predicted molar refractivity (Wildman–Crippen MR) is 93.2 cm³/mol. The number of anilines is 2. The maximum atomic E-state index is 12.6. The van der Waals surface area contributed by atoms with Gasteiger partial charge in [0.05, 0.1) is 10.7 Å². The van der Waals surface area contributed by atoms with Gasteiger partial charge in [-0.15, -0.1) is 0 Å². The molecule has 0 fully saturated rings. The van der Waals surface area contributed by atoms with Crippen LogP contribution in [0, 0.1) is 12.8 Å². The molecule has 0 bridgehead atoms. The monoisotopic (exact) mass is 332 g/mol. The summed E-state index contributed by atoms with van der Waals surface area (Å²) < 4.78 is 2.19. The van der Waals surface area contributed by atoms with Gasteiger partial charge in [0.1, 0.15) is 5.82 Å². The first-order valence-electron chi connectivity index (χ1n) is 7.74. The summed E-state index contributed by atoms with van der Waals surface area (Å²) in [5.41, 5.74) is 2.80. The van der Waals surface area contributed by atoms with Crippen LogP contribution >= 0.6 is 11.6 Å². The molecule has 1 aromatic carbocycles. The number of halogens is 1. The van der Waals surface area contributed by atoms with Gasteiger partial charge in [0, 0.05) is 50.6 Å². The highest BCUT2D eigenvalue weighted by molar-refractivity contribution is 6.33. The summed E-state index contributed by atoms with van der Waals surface area (Å²) in [5, 5.41) is 3.69. The quantitative estimate of drug-likeness (QED) is 0.939. The van der Waals surface area contributed by atoms with Gasteiger partial charge < -0.3 is 14.8 Å². The van der Waals surface area contributed by atoms with E-state index in [1.165, 1.54) is 0 Å². The van der Waals surface area contributed by atoms with E-state index >= 15 is 0 Å². The van der Waals surface area contributed by atoms with E-state index in [0.29, 0.717) is 5.02 Å². The first kappa shape index (κ1) is 15.9. The van der Waals surface area contributed by atoms with Crippen LogP contribution in [0.1, 0.15) is 17.9 Å². The molecule has 1 amide bonds. The predicted octanol–water partition coefficient (Wildman–Crippen LogP) is 3.11. The van der Waals surface area contributed by atoms with E-state index in [-0.39, 0.29) is 11.8 Å². The lowest BCUT2D eigenvalue weighted by atomic mass is 9.95. The molecule has 0 aliphatic carbocycles. The van der Waals surface area contributed by atoms with Gasteiger partial charge in [-0.25, -0.2) is 4.98 Å². The molecule has 1 unspecified atom stereocenters. The Labute approximate surface area is 141 Å². The SMILES string of the molecule is Cc1ncc2n1CCC(C(=O)Nc1ccc(Cl)c(N(C)C)c1)C2. The fourth-order valence-electron chi connectivity index (χ4n) is 3.02. The molecule has 0 saturated heterocycles. The molecule has 0 spiro atoms. The number of amides is 1.